The molecule has 0 aliphatic heterocycles. The molecule has 2 N–H and O–H groups in total. The highest BCUT2D eigenvalue weighted by atomic mass is 16.5. The summed E-state index contributed by atoms with van der Waals surface area (Å²) in [6.45, 7) is 3.20. The van der Waals surface area contributed by atoms with E-state index in [0.717, 1.165) is 0 Å². The molecule has 1 unspecified atom stereocenters. The molecule has 1 rings (SSSR count). The number of aliphatic hydroxyl groups is 1. The summed E-state index contributed by atoms with van der Waals surface area (Å²) in [6, 6.07) is 6.96. The summed E-state index contributed by atoms with van der Waals surface area (Å²) in [5, 5.41) is 19.0. The van der Waals surface area contributed by atoms with E-state index in [1.165, 1.54) is 0 Å². The van der Waals surface area contributed by atoms with Crippen LogP contribution in [0.1, 0.15) is 31.9 Å². The number of carbonyl (C=O) groups is 1. The number of carboxylic acids is 1. The number of methoxy groups -OCH3 is 1. The van der Waals surface area contributed by atoms with Gasteiger partial charge in [0.2, 0.25) is 0 Å². The van der Waals surface area contributed by atoms with Crippen LogP contribution < -0.4 is 4.74 Å². The summed E-state index contributed by atoms with van der Waals surface area (Å²) in [4.78, 5) is 11.0. The van der Waals surface area contributed by atoms with E-state index in [9.17, 15) is 9.90 Å². The first-order valence-corrected chi connectivity index (χ1v) is 5.42. The molecule has 0 heterocycles. The van der Waals surface area contributed by atoms with E-state index in [2.05, 4.69) is 0 Å². The summed E-state index contributed by atoms with van der Waals surface area (Å²) in [5.74, 6) is -0.205. The van der Waals surface area contributed by atoms with Crippen LogP contribution in [0, 0.1) is 5.41 Å². The van der Waals surface area contributed by atoms with Crippen LogP contribution in [0.25, 0.3) is 0 Å². The number of hydrogen-bond acceptors (Lipinski definition) is 3. The van der Waals surface area contributed by atoms with Gasteiger partial charge in [0.15, 0.2) is 0 Å². The minimum absolute atomic E-state index is 0.175. The maximum absolute atomic E-state index is 11.0. The van der Waals surface area contributed by atoms with Crippen molar-refractivity contribution in [3.05, 3.63) is 29.8 Å². The van der Waals surface area contributed by atoms with E-state index in [-0.39, 0.29) is 6.42 Å². The second kappa shape index (κ2) is 5.19. The molecule has 17 heavy (non-hydrogen) atoms. The standard InChI is InChI=1S/C13H18O4/c1-13(2,12(15)16)8-11(14)9-4-6-10(17-3)7-5-9/h4-7,11,14H,8H2,1-3H3,(H,15,16). The Morgan fingerprint density at radius 2 is 1.88 bits per heavy atom. The van der Waals surface area contributed by atoms with Gasteiger partial charge in [0, 0.05) is 0 Å². The van der Waals surface area contributed by atoms with Gasteiger partial charge in [-0.05, 0) is 38.0 Å². The molecule has 4 heteroatoms. The maximum Gasteiger partial charge on any atom is 0.309 e. The Bertz CT molecular complexity index is 381. The topological polar surface area (TPSA) is 66.8 Å². The smallest absolute Gasteiger partial charge is 0.309 e. The highest BCUT2D eigenvalue weighted by Crippen LogP contribution is 2.30. The van der Waals surface area contributed by atoms with Crippen molar-refractivity contribution in [2.24, 2.45) is 5.41 Å². The average molecular weight is 238 g/mol. The average Bonchev–Trinajstić information content (AvgIpc) is 2.28. The minimum Gasteiger partial charge on any atom is -0.497 e. The molecule has 4 nitrogen and oxygen atoms in total. The zero-order valence-electron chi connectivity index (χ0n) is 10.3. The molecule has 0 aliphatic carbocycles. The van der Waals surface area contributed by atoms with Gasteiger partial charge >= 0.3 is 5.97 Å². The van der Waals surface area contributed by atoms with Gasteiger partial charge in [-0.2, -0.15) is 0 Å². The van der Waals surface area contributed by atoms with Gasteiger partial charge in [0.05, 0.1) is 18.6 Å². The van der Waals surface area contributed by atoms with E-state index in [0.29, 0.717) is 11.3 Å². The van der Waals surface area contributed by atoms with Crippen LogP contribution in [0.4, 0.5) is 0 Å². The van der Waals surface area contributed by atoms with Crippen molar-refractivity contribution in [1.29, 1.82) is 0 Å². The predicted octanol–water partition coefficient (Wildman–Crippen LogP) is 2.23. The number of ether oxygens (including phenoxy) is 1. The number of carboxylic acid groups (broad SMARTS) is 1. The lowest BCUT2D eigenvalue weighted by atomic mass is 9.85. The fraction of sp³-hybridized carbons (Fsp3) is 0.462. The quantitative estimate of drug-likeness (QED) is 0.825. The SMILES string of the molecule is COc1ccc(C(O)CC(C)(C)C(=O)O)cc1. The number of aliphatic carboxylic acids is 1. The summed E-state index contributed by atoms with van der Waals surface area (Å²) in [6.07, 6.45) is -0.610. The maximum atomic E-state index is 11.0. The Kier molecular flexibility index (Phi) is 4.12. The van der Waals surface area contributed by atoms with Crippen LogP contribution in [0.2, 0.25) is 0 Å². The third-order valence-electron chi connectivity index (χ3n) is 2.78. The van der Waals surface area contributed by atoms with Crippen LogP contribution in [-0.4, -0.2) is 23.3 Å². The molecule has 0 radical (unpaired) electrons. The third kappa shape index (κ3) is 3.46. The molecule has 1 aromatic rings. The lowest BCUT2D eigenvalue weighted by molar-refractivity contribution is -0.148. The molecule has 0 saturated carbocycles. The van der Waals surface area contributed by atoms with Gasteiger partial charge in [-0.1, -0.05) is 12.1 Å². The molecule has 0 aliphatic rings. The molecule has 0 amide bonds. The van der Waals surface area contributed by atoms with E-state index in [1.807, 2.05) is 0 Å². The van der Waals surface area contributed by atoms with Gasteiger partial charge < -0.3 is 14.9 Å². The molecular formula is C13H18O4. The van der Waals surface area contributed by atoms with Crippen LogP contribution in [0.15, 0.2) is 24.3 Å². The third-order valence-corrected chi connectivity index (χ3v) is 2.78. The normalized spacial score (nSPS) is 13.2. The fourth-order valence-electron chi connectivity index (χ4n) is 1.51. The highest BCUT2D eigenvalue weighted by Gasteiger charge is 2.30. The molecule has 0 bridgehead atoms. The molecule has 0 aromatic heterocycles. The monoisotopic (exact) mass is 238 g/mol. The first-order chi connectivity index (χ1) is 7.86. The van der Waals surface area contributed by atoms with Crippen LogP contribution >= 0.6 is 0 Å². The summed E-state index contributed by atoms with van der Waals surface area (Å²) < 4.78 is 5.01. The zero-order chi connectivity index (χ0) is 13.1. The Labute approximate surface area is 101 Å². The minimum atomic E-state index is -0.945. The number of hydrogen-bond donors (Lipinski definition) is 2. The first kappa shape index (κ1) is 13.5. The van der Waals surface area contributed by atoms with Crippen molar-refractivity contribution >= 4 is 5.97 Å². The second-order valence-corrected chi connectivity index (χ2v) is 4.68. The van der Waals surface area contributed by atoms with Crippen LogP contribution in [0.3, 0.4) is 0 Å². The van der Waals surface area contributed by atoms with Crippen molar-refractivity contribution in [1.82, 2.24) is 0 Å². The van der Waals surface area contributed by atoms with Gasteiger partial charge in [-0.3, -0.25) is 4.79 Å². The van der Waals surface area contributed by atoms with Crippen molar-refractivity contribution in [2.45, 2.75) is 26.4 Å². The molecule has 1 aromatic carbocycles. The molecule has 0 spiro atoms. The van der Waals surface area contributed by atoms with Gasteiger partial charge in [0.1, 0.15) is 5.75 Å². The van der Waals surface area contributed by atoms with E-state index in [1.54, 1.807) is 45.2 Å². The Hall–Kier alpha value is -1.55. The van der Waals surface area contributed by atoms with Crippen molar-refractivity contribution in [3.63, 3.8) is 0 Å². The fourth-order valence-corrected chi connectivity index (χ4v) is 1.51. The van der Waals surface area contributed by atoms with Crippen LogP contribution in [0.5, 0.6) is 5.75 Å². The zero-order valence-corrected chi connectivity index (χ0v) is 10.3. The van der Waals surface area contributed by atoms with E-state index >= 15 is 0 Å². The second-order valence-electron chi connectivity index (χ2n) is 4.68. The van der Waals surface area contributed by atoms with Gasteiger partial charge in [-0.15, -0.1) is 0 Å². The van der Waals surface area contributed by atoms with Crippen molar-refractivity contribution in [3.8, 4) is 5.75 Å². The molecule has 94 valence electrons. The lowest BCUT2D eigenvalue weighted by Gasteiger charge is -2.22. The first-order valence-electron chi connectivity index (χ1n) is 5.42. The van der Waals surface area contributed by atoms with Crippen LogP contribution in [-0.2, 0) is 4.79 Å². The number of aliphatic hydroxyl groups excluding tert-OH is 1. The molecular weight excluding hydrogens is 220 g/mol. The molecule has 0 saturated heterocycles. The highest BCUT2D eigenvalue weighted by molar-refractivity contribution is 5.73. The summed E-state index contributed by atoms with van der Waals surface area (Å²) >= 11 is 0. The van der Waals surface area contributed by atoms with E-state index in [4.69, 9.17) is 9.84 Å². The lowest BCUT2D eigenvalue weighted by Crippen LogP contribution is -2.26. The predicted molar refractivity (Wildman–Crippen MR) is 64.0 cm³/mol. The largest absolute Gasteiger partial charge is 0.497 e. The summed E-state index contributed by atoms with van der Waals surface area (Å²) in [7, 11) is 1.57. The number of rotatable bonds is 5. The van der Waals surface area contributed by atoms with Crippen molar-refractivity contribution in [2.75, 3.05) is 7.11 Å². The molecule has 1 atom stereocenters. The number of benzene rings is 1. The molecule has 0 fully saturated rings. The van der Waals surface area contributed by atoms with Gasteiger partial charge in [0.25, 0.3) is 0 Å². The van der Waals surface area contributed by atoms with Crippen molar-refractivity contribution < 1.29 is 19.7 Å². The Morgan fingerprint density at radius 3 is 2.29 bits per heavy atom. The Morgan fingerprint density at radius 1 is 1.35 bits per heavy atom. The summed E-state index contributed by atoms with van der Waals surface area (Å²) in [5.41, 5.74) is -0.251. The van der Waals surface area contributed by atoms with Gasteiger partial charge in [-0.25, -0.2) is 0 Å². The Balaban J connectivity index is 2.76. The van der Waals surface area contributed by atoms with E-state index < -0.39 is 17.5 Å².